The molecule has 0 amide bonds. The molecule has 29 heavy (non-hydrogen) atoms. The lowest BCUT2D eigenvalue weighted by atomic mass is 10.2. The highest BCUT2D eigenvalue weighted by Crippen LogP contribution is 2.32. The van der Waals surface area contributed by atoms with Crippen molar-refractivity contribution in [2.45, 2.75) is 33.1 Å². The van der Waals surface area contributed by atoms with Crippen LogP contribution in [0, 0.1) is 0 Å². The van der Waals surface area contributed by atoms with Crippen LogP contribution in [0.25, 0.3) is 10.9 Å². The van der Waals surface area contributed by atoms with E-state index in [1.54, 1.807) is 24.4 Å². The number of ether oxygens (including phenoxy) is 1. The van der Waals surface area contributed by atoms with Crippen LogP contribution in [0.3, 0.4) is 0 Å². The predicted octanol–water partition coefficient (Wildman–Crippen LogP) is 6.20. The lowest BCUT2D eigenvalue weighted by Crippen LogP contribution is -2.22. The van der Waals surface area contributed by atoms with Gasteiger partial charge in [0.25, 0.3) is 5.56 Å². The van der Waals surface area contributed by atoms with Crippen molar-refractivity contribution in [3.05, 3.63) is 66.0 Å². The van der Waals surface area contributed by atoms with E-state index in [1.807, 2.05) is 19.1 Å². The Morgan fingerprint density at radius 2 is 2.03 bits per heavy atom. The van der Waals surface area contributed by atoms with E-state index in [2.05, 4.69) is 48.9 Å². The van der Waals surface area contributed by atoms with Gasteiger partial charge in [0.1, 0.15) is 11.6 Å². The van der Waals surface area contributed by atoms with Crippen molar-refractivity contribution >= 4 is 60.6 Å². The number of hydrogen-bond acceptors (Lipinski definition) is 4. The van der Waals surface area contributed by atoms with Crippen LogP contribution < -0.4 is 10.3 Å². The zero-order chi connectivity index (χ0) is 21.0. The smallest absolute Gasteiger partial charge is 0.282 e. The molecule has 0 fully saturated rings. The number of unbranched alkanes of at least 4 members (excludes halogenated alkanes) is 1. The van der Waals surface area contributed by atoms with Crippen LogP contribution in [-0.2, 0) is 6.42 Å². The standard InChI is InChI=1S/C21H20Br2ClN3O2/c1-3-5-6-19-26-18-8-7-14(22)10-16(18)21(28)27(19)25-12-13-9-15(24)11-17(23)20(13)29-4-2/h7-12H,3-6H2,1-2H3. The highest BCUT2D eigenvalue weighted by molar-refractivity contribution is 9.10. The summed E-state index contributed by atoms with van der Waals surface area (Å²) in [6.45, 7) is 4.50. The molecule has 0 aliphatic rings. The molecule has 0 aliphatic heterocycles. The number of hydrogen-bond donors (Lipinski definition) is 0. The normalized spacial score (nSPS) is 11.5. The molecule has 0 radical (unpaired) electrons. The van der Waals surface area contributed by atoms with Crippen molar-refractivity contribution < 1.29 is 4.74 Å². The van der Waals surface area contributed by atoms with Crippen molar-refractivity contribution in [2.24, 2.45) is 5.10 Å². The third-order valence-corrected chi connectivity index (χ3v) is 5.57. The third kappa shape index (κ3) is 5.08. The lowest BCUT2D eigenvalue weighted by molar-refractivity contribution is 0.337. The summed E-state index contributed by atoms with van der Waals surface area (Å²) in [7, 11) is 0. The van der Waals surface area contributed by atoms with E-state index in [1.165, 1.54) is 4.68 Å². The van der Waals surface area contributed by atoms with Gasteiger partial charge in [0.05, 0.1) is 28.2 Å². The molecular weight excluding hydrogens is 522 g/mol. The Balaban J connectivity index is 2.16. The SMILES string of the molecule is CCCCc1nc2ccc(Br)cc2c(=O)n1N=Cc1cc(Cl)cc(Br)c1OCC. The molecule has 5 nitrogen and oxygen atoms in total. The van der Waals surface area contributed by atoms with Gasteiger partial charge in [-0.15, -0.1) is 0 Å². The summed E-state index contributed by atoms with van der Waals surface area (Å²) in [4.78, 5) is 17.8. The maximum atomic E-state index is 13.2. The van der Waals surface area contributed by atoms with Crippen LogP contribution >= 0.6 is 43.5 Å². The summed E-state index contributed by atoms with van der Waals surface area (Å²) in [5.41, 5.74) is 1.13. The summed E-state index contributed by atoms with van der Waals surface area (Å²) in [6.07, 6.45) is 4.15. The van der Waals surface area contributed by atoms with Crippen LogP contribution in [-0.4, -0.2) is 22.5 Å². The predicted molar refractivity (Wildman–Crippen MR) is 126 cm³/mol. The van der Waals surface area contributed by atoms with Gasteiger partial charge in [-0.2, -0.15) is 9.78 Å². The Bertz CT molecular complexity index is 1130. The first kappa shape index (κ1) is 22.0. The Kier molecular flexibility index (Phi) is 7.49. The number of fused-ring (bicyclic) bond motifs is 1. The minimum Gasteiger partial charge on any atom is -0.492 e. The number of benzene rings is 2. The highest BCUT2D eigenvalue weighted by atomic mass is 79.9. The van der Waals surface area contributed by atoms with E-state index in [-0.39, 0.29) is 5.56 Å². The summed E-state index contributed by atoms with van der Waals surface area (Å²) < 4.78 is 8.63. The maximum absolute atomic E-state index is 13.2. The van der Waals surface area contributed by atoms with Crippen LogP contribution in [0.1, 0.15) is 38.1 Å². The molecule has 1 heterocycles. The number of aromatic nitrogens is 2. The molecule has 8 heteroatoms. The lowest BCUT2D eigenvalue weighted by Gasteiger charge is -2.11. The first-order valence-corrected chi connectivity index (χ1v) is 11.3. The topological polar surface area (TPSA) is 56.5 Å². The van der Waals surface area contributed by atoms with Gasteiger partial charge < -0.3 is 4.74 Å². The first-order chi connectivity index (χ1) is 13.9. The Hall–Kier alpha value is -1.70. The van der Waals surface area contributed by atoms with Gasteiger partial charge in [-0.25, -0.2) is 4.98 Å². The fourth-order valence-corrected chi connectivity index (χ4v) is 4.21. The minimum absolute atomic E-state index is 0.210. The van der Waals surface area contributed by atoms with Crippen LogP contribution in [0.2, 0.25) is 5.02 Å². The molecule has 0 saturated heterocycles. The Morgan fingerprint density at radius 3 is 2.76 bits per heavy atom. The molecule has 152 valence electrons. The summed E-state index contributed by atoms with van der Waals surface area (Å²) in [5.74, 6) is 1.25. The van der Waals surface area contributed by atoms with Crippen LogP contribution in [0.5, 0.6) is 5.75 Å². The van der Waals surface area contributed by atoms with Gasteiger partial charge in [-0.05, 0) is 59.6 Å². The second-order valence-electron chi connectivity index (χ2n) is 6.39. The number of rotatable bonds is 7. The van der Waals surface area contributed by atoms with Crippen molar-refractivity contribution in [3.63, 3.8) is 0 Å². The molecule has 0 spiro atoms. The molecular formula is C21H20Br2ClN3O2. The van der Waals surface area contributed by atoms with Crippen molar-refractivity contribution in [1.82, 2.24) is 9.66 Å². The molecule has 0 aliphatic carbocycles. The number of halogens is 3. The van der Waals surface area contributed by atoms with Crippen molar-refractivity contribution in [3.8, 4) is 5.75 Å². The largest absolute Gasteiger partial charge is 0.492 e. The molecule has 3 rings (SSSR count). The second kappa shape index (κ2) is 9.87. The van der Waals surface area contributed by atoms with Gasteiger partial charge in [0.2, 0.25) is 0 Å². The zero-order valence-corrected chi connectivity index (χ0v) is 20.0. The number of nitrogens with zero attached hydrogens (tertiary/aromatic N) is 3. The van der Waals surface area contributed by atoms with E-state index >= 15 is 0 Å². The average Bonchev–Trinajstić information content (AvgIpc) is 2.68. The van der Waals surface area contributed by atoms with Crippen LogP contribution in [0.4, 0.5) is 0 Å². The second-order valence-corrected chi connectivity index (χ2v) is 8.60. The average molecular weight is 542 g/mol. The van der Waals surface area contributed by atoms with E-state index < -0.39 is 0 Å². The Labute approximate surface area is 191 Å². The van der Waals surface area contributed by atoms with Gasteiger partial charge in [0.15, 0.2) is 0 Å². The van der Waals surface area contributed by atoms with E-state index in [0.29, 0.717) is 46.1 Å². The monoisotopic (exact) mass is 539 g/mol. The quantitative estimate of drug-likeness (QED) is 0.335. The molecule has 1 aromatic heterocycles. The van der Waals surface area contributed by atoms with Crippen molar-refractivity contribution in [2.75, 3.05) is 6.61 Å². The highest BCUT2D eigenvalue weighted by Gasteiger charge is 2.12. The molecule has 0 bridgehead atoms. The molecule has 0 unspecified atom stereocenters. The summed E-state index contributed by atoms with van der Waals surface area (Å²) >= 11 is 13.1. The maximum Gasteiger partial charge on any atom is 0.282 e. The summed E-state index contributed by atoms with van der Waals surface area (Å²) in [6, 6.07) is 9.00. The van der Waals surface area contributed by atoms with Gasteiger partial charge in [-0.1, -0.05) is 40.9 Å². The van der Waals surface area contributed by atoms with E-state index in [0.717, 1.165) is 21.8 Å². The van der Waals surface area contributed by atoms with Gasteiger partial charge in [0, 0.05) is 21.5 Å². The molecule has 2 aromatic carbocycles. The van der Waals surface area contributed by atoms with E-state index in [4.69, 9.17) is 16.3 Å². The Morgan fingerprint density at radius 1 is 1.24 bits per heavy atom. The fraction of sp³-hybridized carbons (Fsp3) is 0.286. The summed E-state index contributed by atoms with van der Waals surface area (Å²) in [5, 5.41) is 5.53. The fourth-order valence-electron chi connectivity index (χ4n) is 2.90. The third-order valence-electron chi connectivity index (χ3n) is 4.27. The molecule has 0 atom stereocenters. The van der Waals surface area contributed by atoms with Gasteiger partial charge in [-0.3, -0.25) is 4.79 Å². The first-order valence-electron chi connectivity index (χ1n) is 9.32. The molecule has 0 saturated carbocycles. The minimum atomic E-state index is -0.210. The number of aryl methyl sites for hydroxylation is 1. The van der Waals surface area contributed by atoms with Gasteiger partial charge >= 0.3 is 0 Å². The molecule has 0 N–H and O–H groups in total. The van der Waals surface area contributed by atoms with Crippen molar-refractivity contribution in [1.29, 1.82) is 0 Å². The molecule has 3 aromatic rings. The van der Waals surface area contributed by atoms with E-state index in [9.17, 15) is 4.79 Å². The van der Waals surface area contributed by atoms with Crippen LogP contribution in [0.15, 0.2) is 49.2 Å². The zero-order valence-electron chi connectivity index (χ0n) is 16.1.